The van der Waals surface area contributed by atoms with E-state index in [1.807, 2.05) is 20.8 Å². The van der Waals surface area contributed by atoms with Gasteiger partial charge in [-0.2, -0.15) is 4.98 Å². The predicted molar refractivity (Wildman–Crippen MR) is 83.2 cm³/mol. The fraction of sp³-hybridized carbons (Fsp3) is 0.438. The van der Waals surface area contributed by atoms with Crippen molar-refractivity contribution in [1.82, 2.24) is 10.1 Å². The Balaban J connectivity index is 1.91. The third-order valence-electron chi connectivity index (χ3n) is 3.05. The summed E-state index contributed by atoms with van der Waals surface area (Å²) < 4.78 is 5.14. The third-order valence-corrected chi connectivity index (χ3v) is 4.06. The molecule has 2 aromatic rings. The summed E-state index contributed by atoms with van der Waals surface area (Å²) in [6.07, 6.45) is 0.200. The first-order valence-corrected chi connectivity index (χ1v) is 7.87. The van der Waals surface area contributed by atoms with E-state index in [4.69, 9.17) is 4.52 Å². The van der Waals surface area contributed by atoms with Crippen LogP contribution in [-0.4, -0.2) is 15.9 Å². The van der Waals surface area contributed by atoms with E-state index < -0.39 is 0 Å². The lowest BCUT2D eigenvalue weighted by molar-refractivity contribution is -0.125. The van der Waals surface area contributed by atoms with E-state index in [9.17, 15) is 4.79 Å². The Morgan fingerprint density at radius 3 is 2.52 bits per heavy atom. The molecule has 112 valence electrons. The molecule has 4 nitrogen and oxygen atoms in total. The van der Waals surface area contributed by atoms with E-state index in [-0.39, 0.29) is 17.6 Å². The SMILES string of the molecule is Cc1ccc(SCc2noc(CC(=O)C(C)(C)C)n2)cc1. The van der Waals surface area contributed by atoms with Gasteiger partial charge in [-0.1, -0.05) is 43.6 Å². The molecule has 1 aromatic heterocycles. The van der Waals surface area contributed by atoms with Crippen molar-refractivity contribution in [3.63, 3.8) is 0 Å². The van der Waals surface area contributed by atoms with Crippen molar-refractivity contribution in [2.24, 2.45) is 5.41 Å². The van der Waals surface area contributed by atoms with E-state index in [1.165, 1.54) is 5.56 Å². The summed E-state index contributed by atoms with van der Waals surface area (Å²) in [5.74, 6) is 1.76. The number of Topliss-reactive ketones (excluding diaryl/α,β-unsaturated/α-hetero) is 1. The molecule has 5 heteroatoms. The van der Waals surface area contributed by atoms with Gasteiger partial charge in [0.1, 0.15) is 5.78 Å². The zero-order valence-corrected chi connectivity index (χ0v) is 13.7. The number of benzene rings is 1. The maximum absolute atomic E-state index is 11.9. The zero-order chi connectivity index (χ0) is 15.5. The van der Waals surface area contributed by atoms with Gasteiger partial charge in [-0.15, -0.1) is 11.8 Å². The van der Waals surface area contributed by atoms with Crippen LogP contribution in [0.25, 0.3) is 0 Å². The van der Waals surface area contributed by atoms with E-state index >= 15 is 0 Å². The number of carbonyl (C=O) groups is 1. The van der Waals surface area contributed by atoms with Crippen molar-refractivity contribution < 1.29 is 9.32 Å². The van der Waals surface area contributed by atoms with Crippen LogP contribution >= 0.6 is 11.8 Å². The molecule has 1 aromatic carbocycles. The van der Waals surface area contributed by atoms with E-state index in [0.29, 0.717) is 17.5 Å². The minimum absolute atomic E-state index is 0.101. The van der Waals surface area contributed by atoms with Gasteiger partial charge in [0.2, 0.25) is 5.89 Å². The zero-order valence-electron chi connectivity index (χ0n) is 12.8. The molecule has 0 saturated heterocycles. The summed E-state index contributed by atoms with van der Waals surface area (Å²) in [6, 6.07) is 8.30. The normalized spacial score (nSPS) is 11.6. The van der Waals surface area contributed by atoms with Crippen LogP contribution in [0.4, 0.5) is 0 Å². The van der Waals surface area contributed by atoms with E-state index in [2.05, 4.69) is 41.3 Å². The van der Waals surface area contributed by atoms with Crippen LogP contribution in [0.5, 0.6) is 0 Å². The number of aryl methyl sites for hydroxylation is 1. The first-order chi connectivity index (χ1) is 9.84. The van der Waals surface area contributed by atoms with Gasteiger partial charge in [-0.05, 0) is 19.1 Å². The molecule has 0 saturated carbocycles. The highest BCUT2D eigenvalue weighted by atomic mass is 32.2. The fourth-order valence-corrected chi connectivity index (χ4v) is 2.35. The standard InChI is InChI=1S/C16H20N2O2S/c1-11-5-7-12(8-6-11)21-10-14-17-15(20-18-14)9-13(19)16(2,3)4/h5-8H,9-10H2,1-4H3. The number of aromatic nitrogens is 2. The average molecular weight is 304 g/mol. The largest absolute Gasteiger partial charge is 0.339 e. The van der Waals surface area contributed by atoms with Gasteiger partial charge in [0, 0.05) is 10.3 Å². The summed E-state index contributed by atoms with van der Waals surface area (Å²) in [5, 5.41) is 3.92. The molecule has 0 N–H and O–H groups in total. The second kappa shape index (κ2) is 6.43. The highest BCUT2D eigenvalue weighted by Crippen LogP contribution is 2.22. The Morgan fingerprint density at radius 1 is 1.24 bits per heavy atom. The van der Waals surface area contributed by atoms with E-state index in [0.717, 1.165) is 4.90 Å². The van der Waals surface area contributed by atoms with Gasteiger partial charge in [0.05, 0.1) is 12.2 Å². The fourth-order valence-electron chi connectivity index (χ4n) is 1.61. The third kappa shape index (κ3) is 4.70. The van der Waals surface area contributed by atoms with Crippen molar-refractivity contribution >= 4 is 17.5 Å². The van der Waals surface area contributed by atoms with Gasteiger partial charge >= 0.3 is 0 Å². The molecule has 0 spiro atoms. The Labute approximate surface area is 129 Å². The number of carbonyl (C=O) groups excluding carboxylic acids is 1. The van der Waals surface area contributed by atoms with Crippen LogP contribution < -0.4 is 0 Å². The maximum atomic E-state index is 11.9. The predicted octanol–water partition coefficient (Wildman–Crippen LogP) is 3.83. The van der Waals surface area contributed by atoms with Crippen LogP contribution in [-0.2, 0) is 17.0 Å². The molecule has 0 amide bonds. The van der Waals surface area contributed by atoms with Crippen LogP contribution in [0.3, 0.4) is 0 Å². The lowest BCUT2D eigenvalue weighted by Crippen LogP contribution is -2.22. The van der Waals surface area contributed by atoms with Crippen molar-refractivity contribution in [1.29, 1.82) is 0 Å². The minimum Gasteiger partial charge on any atom is -0.339 e. The van der Waals surface area contributed by atoms with Gasteiger partial charge in [-0.3, -0.25) is 4.79 Å². The van der Waals surface area contributed by atoms with Crippen molar-refractivity contribution in [3.8, 4) is 0 Å². The summed E-state index contributed by atoms with van der Waals surface area (Å²) in [6.45, 7) is 7.73. The molecule has 0 aliphatic carbocycles. The van der Waals surface area contributed by atoms with Gasteiger partial charge in [-0.25, -0.2) is 0 Å². The summed E-state index contributed by atoms with van der Waals surface area (Å²) >= 11 is 1.65. The van der Waals surface area contributed by atoms with Crippen molar-refractivity contribution in [3.05, 3.63) is 41.5 Å². The van der Waals surface area contributed by atoms with Gasteiger partial charge < -0.3 is 4.52 Å². The maximum Gasteiger partial charge on any atom is 0.234 e. The van der Waals surface area contributed by atoms with Gasteiger partial charge in [0.15, 0.2) is 5.82 Å². The van der Waals surface area contributed by atoms with Crippen LogP contribution in [0.1, 0.15) is 38.0 Å². The lowest BCUT2D eigenvalue weighted by Gasteiger charge is -2.14. The van der Waals surface area contributed by atoms with Crippen molar-refractivity contribution in [2.75, 3.05) is 0 Å². The smallest absolute Gasteiger partial charge is 0.234 e. The number of hydrogen-bond acceptors (Lipinski definition) is 5. The Hall–Kier alpha value is -1.62. The second-order valence-electron chi connectivity index (χ2n) is 6.06. The topological polar surface area (TPSA) is 56.0 Å². The summed E-state index contributed by atoms with van der Waals surface area (Å²) in [5.41, 5.74) is 0.854. The monoisotopic (exact) mass is 304 g/mol. The molecular weight excluding hydrogens is 284 g/mol. The van der Waals surface area contributed by atoms with Gasteiger partial charge in [0.25, 0.3) is 0 Å². The molecule has 1 heterocycles. The summed E-state index contributed by atoms with van der Waals surface area (Å²) in [7, 11) is 0. The van der Waals surface area contributed by atoms with E-state index in [1.54, 1.807) is 11.8 Å². The number of ketones is 1. The first-order valence-electron chi connectivity index (χ1n) is 6.89. The molecule has 0 aliphatic heterocycles. The quantitative estimate of drug-likeness (QED) is 0.786. The number of nitrogens with zero attached hydrogens (tertiary/aromatic N) is 2. The molecule has 0 atom stereocenters. The number of rotatable bonds is 5. The molecule has 21 heavy (non-hydrogen) atoms. The Bertz CT molecular complexity index is 612. The molecular formula is C16H20N2O2S. The number of thioether (sulfide) groups is 1. The van der Waals surface area contributed by atoms with Crippen LogP contribution in [0, 0.1) is 12.3 Å². The lowest BCUT2D eigenvalue weighted by atomic mass is 9.89. The molecule has 0 fully saturated rings. The Morgan fingerprint density at radius 2 is 1.90 bits per heavy atom. The van der Waals surface area contributed by atoms with Crippen LogP contribution in [0.2, 0.25) is 0 Å². The Kier molecular flexibility index (Phi) is 4.83. The highest BCUT2D eigenvalue weighted by Gasteiger charge is 2.23. The second-order valence-corrected chi connectivity index (χ2v) is 7.10. The first kappa shape index (κ1) is 15.8. The molecule has 0 radical (unpaired) electrons. The average Bonchev–Trinajstić information content (AvgIpc) is 2.85. The summed E-state index contributed by atoms with van der Waals surface area (Å²) in [4.78, 5) is 17.4. The molecule has 0 bridgehead atoms. The molecule has 2 rings (SSSR count). The molecule has 0 aliphatic rings. The van der Waals surface area contributed by atoms with Crippen molar-refractivity contribution in [2.45, 2.75) is 44.8 Å². The highest BCUT2D eigenvalue weighted by molar-refractivity contribution is 7.98. The molecule has 0 unspecified atom stereocenters. The minimum atomic E-state index is -0.384. The van der Waals surface area contributed by atoms with Crippen LogP contribution in [0.15, 0.2) is 33.7 Å². The number of hydrogen-bond donors (Lipinski definition) is 0.